The predicted octanol–water partition coefficient (Wildman–Crippen LogP) is 5.70. The van der Waals surface area contributed by atoms with Gasteiger partial charge in [-0.05, 0) is 36.3 Å². The molecule has 1 saturated heterocycles. The van der Waals surface area contributed by atoms with Gasteiger partial charge in [-0.15, -0.1) is 6.58 Å². The van der Waals surface area contributed by atoms with E-state index in [1.807, 2.05) is 43.3 Å². The minimum atomic E-state index is -0.140. The lowest BCUT2D eigenvalue weighted by molar-refractivity contribution is -0.121. The van der Waals surface area contributed by atoms with Crippen molar-refractivity contribution in [2.45, 2.75) is 13.5 Å². The highest BCUT2D eigenvalue weighted by atomic mass is 35.5. The number of nitrogens with zero attached hydrogens (tertiary/aromatic N) is 1. The molecule has 1 aliphatic rings. The number of carbonyl (C=O) groups is 1. The summed E-state index contributed by atoms with van der Waals surface area (Å²) in [6.45, 7) is 6.78. The number of ether oxygens (including phenoxy) is 2. The number of thioether (sulfide) groups is 1. The third-order valence-corrected chi connectivity index (χ3v) is 5.70. The first-order valence-electron chi connectivity index (χ1n) is 9.02. The molecule has 29 heavy (non-hydrogen) atoms. The van der Waals surface area contributed by atoms with Gasteiger partial charge in [0.1, 0.15) is 10.9 Å². The molecule has 0 unspecified atom stereocenters. The van der Waals surface area contributed by atoms with E-state index in [0.717, 1.165) is 11.1 Å². The summed E-state index contributed by atoms with van der Waals surface area (Å²) in [7, 11) is 0. The highest BCUT2D eigenvalue weighted by Crippen LogP contribution is 2.39. The van der Waals surface area contributed by atoms with Gasteiger partial charge < -0.3 is 9.47 Å². The summed E-state index contributed by atoms with van der Waals surface area (Å²) in [6, 6.07) is 13.4. The van der Waals surface area contributed by atoms with E-state index in [1.165, 1.54) is 16.7 Å². The highest BCUT2D eigenvalue weighted by Gasteiger charge is 2.31. The molecule has 7 heteroatoms. The van der Waals surface area contributed by atoms with Crippen molar-refractivity contribution in [3.05, 3.63) is 76.2 Å². The number of amides is 1. The Kier molecular flexibility index (Phi) is 7.36. The van der Waals surface area contributed by atoms with Crippen LogP contribution in [0.2, 0.25) is 5.02 Å². The van der Waals surface area contributed by atoms with Crippen molar-refractivity contribution < 1.29 is 14.3 Å². The second-order valence-corrected chi connectivity index (χ2v) is 8.20. The van der Waals surface area contributed by atoms with Crippen LogP contribution in [-0.2, 0) is 11.4 Å². The second-order valence-electron chi connectivity index (χ2n) is 6.12. The van der Waals surface area contributed by atoms with E-state index in [2.05, 4.69) is 6.58 Å². The Balaban J connectivity index is 1.87. The molecule has 0 saturated carbocycles. The molecule has 2 aromatic rings. The average Bonchev–Trinajstić information content (AvgIpc) is 2.96. The standard InChI is InChI=1S/C22H20ClNO3S2/c1-3-10-24-21(25)19(29-22(24)28)13-16-11-17(23)20(18(12-16)26-4-2)27-14-15-8-6-5-7-9-15/h3,5-9,11-13H,1,4,10,14H2,2H3/b19-13+. The number of thiocarbonyl (C=S) groups is 1. The van der Waals surface area contributed by atoms with Crippen molar-refractivity contribution in [2.24, 2.45) is 0 Å². The zero-order valence-corrected chi connectivity index (χ0v) is 18.3. The van der Waals surface area contributed by atoms with E-state index < -0.39 is 0 Å². The molecule has 0 aliphatic carbocycles. The smallest absolute Gasteiger partial charge is 0.266 e. The van der Waals surface area contributed by atoms with Crippen LogP contribution in [0.15, 0.2) is 60.0 Å². The Labute approximate surface area is 185 Å². The fourth-order valence-electron chi connectivity index (χ4n) is 2.74. The summed E-state index contributed by atoms with van der Waals surface area (Å²) < 4.78 is 12.2. The van der Waals surface area contributed by atoms with E-state index in [4.69, 9.17) is 33.3 Å². The van der Waals surface area contributed by atoms with Crippen LogP contribution in [0, 0.1) is 0 Å². The molecule has 3 rings (SSSR count). The molecule has 0 N–H and O–H groups in total. The summed E-state index contributed by atoms with van der Waals surface area (Å²) in [6.07, 6.45) is 3.41. The Morgan fingerprint density at radius 3 is 2.69 bits per heavy atom. The molecule has 0 bridgehead atoms. The number of hydrogen-bond donors (Lipinski definition) is 0. The molecular formula is C22H20ClNO3S2. The van der Waals surface area contributed by atoms with Crippen LogP contribution in [0.5, 0.6) is 11.5 Å². The van der Waals surface area contributed by atoms with Crippen molar-refractivity contribution in [1.82, 2.24) is 4.90 Å². The molecule has 0 atom stereocenters. The van der Waals surface area contributed by atoms with Crippen LogP contribution in [-0.4, -0.2) is 28.3 Å². The quantitative estimate of drug-likeness (QED) is 0.296. The minimum Gasteiger partial charge on any atom is -0.490 e. The van der Waals surface area contributed by atoms with Crippen LogP contribution < -0.4 is 9.47 Å². The van der Waals surface area contributed by atoms with Crippen LogP contribution in [0.3, 0.4) is 0 Å². The molecule has 2 aromatic carbocycles. The van der Waals surface area contributed by atoms with Crippen molar-refractivity contribution >= 4 is 51.9 Å². The van der Waals surface area contributed by atoms with Gasteiger partial charge >= 0.3 is 0 Å². The van der Waals surface area contributed by atoms with Gasteiger partial charge in [0.15, 0.2) is 11.5 Å². The van der Waals surface area contributed by atoms with E-state index in [9.17, 15) is 4.79 Å². The SMILES string of the molecule is C=CCN1C(=O)/C(=C\c2cc(Cl)c(OCc3ccccc3)c(OCC)c2)SC1=S. The Bertz CT molecular complexity index is 960. The van der Waals surface area contributed by atoms with Crippen LogP contribution in [0.25, 0.3) is 6.08 Å². The molecule has 1 aliphatic heterocycles. The lowest BCUT2D eigenvalue weighted by atomic mass is 10.1. The maximum absolute atomic E-state index is 12.5. The van der Waals surface area contributed by atoms with Crippen molar-refractivity contribution in [2.75, 3.05) is 13.2 Å². The maximum atomic E-state index is 12.5. The number of halogens is 1. The third-order valence-electron chi connectivity index (χ3n) is 4.04. The summed E-state index contributed by atoms with van der Waals surface area (Å²) >= 11 is 13.0. The van der Waals surface area contributed by atoms with Crippen LogP contribution in [0.4, 0.5) is 0 Å². The fourth-order valence-corrected chi connectivity index (χ4v) is 4.29. The predicted molar refractivity (Wildman–Crippen MR) is 123 cm³/mol. The van der Waals surface area contributed by atoms with E-state index in [0.29, 0.717) is 45.5 Å². The highest BCUT2D eigenvalue weighted by molar-refractivity contribution is 8.26. The number of benzene rings is 2. The van der Waals surface area contributed by atoms with Crippen molar-refractivity contribution in [1.29, 1.82) is 0 Å². The van der Waals surface area contributed by atoms with E-state index in [-0.39, 0.29) is 5.91 Å². The Morgan fingerprint density at radius 2 is 2.00 bits per heavy atom. The maximum Gasteiger partial charge on any atom is 0.266 e. The van der Waals surface area contributed by atoms with Gasteiger partial charge in [0, 0.05) is 6.54 Å². The molecule has 1 heterocycles. The minimum absolute atomic E-state index is 0.140. The zero-order valence-electron chi connectivity index (χ0n) is 15.9. The van der Waals surface area contributed by atoms with Gasteiger partial charge in [-0.1, -0.05) is 72.0 Å². The third kappa shape index (κ3) is 5.21. The summed E-state index contributed by atoms with van der Waals surface area (Å²) in [4.78, 5) is 14.6. The van der Waals surface area contributed by atoms with Gasteiger partial charge in [-0.25, -0.2) is 0 Å². The molecule has 150 valence electrons. The fraction of sp³-hybridized carbons (Fsp3) is 0.182. The first kappa shape index (κ1) is 21.4. The molecule has 0 spiro atoms. The van der Waals surface area contributed by atoms with E-state index in [1.54, 1.807) is 18.2 Å². The number of carbonyl (C=O) groups excluding carboxylic acids is 1. The molecule has 0 radical (unpaired) electrons. The average molecular weight is 446 g/mol. The van der Waals surface area contributed by atoms with E-state index >= 15 is 0 Å². The van der Waals surface area contributed by atoms with Gasteiger partial charge in [-0.3, -0.25) is 9.69 Å². The monoisotopic (exact) mass is 445 g/mol. The van der Waals surface area contributed by atoms with Gasteiger partial charge in [0.25, 0.3) is 5.91 Å². The molecule has 1 amide bonds. The van der Waals surface area contributed by atoms with Crippen molar-refractivity contribution in [3.63, 3.8) is 0 Å². The normalized spacial score (nSPS) is 15.1. The topological polar surface area (TPSA) is 38.8 Å². The number of hydrogen-bond acceptors (Lipinski definition) is 5. The van der Waals surface area contributed by atoms with Gasteiger partial charge in [0.05, 0.1) is 16.5 Å². The summed E-state index contributed by atoms with van der Waals surface area (Å²) in [5.41, 5.74) is 1.77. The van der Waals surface area contributed by atoms with Crippen molar-refractivity contribution in [3.8, 4) is 11.5 Å². The second kappa shape index (κ2) is 9.96. The number of rotatable bonds is 8. The van der Waals surface area contributed by atoms with Gasteiger partial charge in [-0.2, -0.15) is 0 Å². The molecular weight excluding hydrogens is 426 g/mol. The first-order valence-corrected chi connectivity index (χ1v) is 10.6. The summed E-state index contributed by atoms with van der Waals surface area (Å²) in [5.74, 6) is 0.871. The lowest BCUT2D eigenvalue weighted by Gasteiger charge is -2.15. The zero-order chi connectivity index (χ0) is 20.8. The van der Waals surface area contributed by atoms with Gasteiger partial charge in [0.2, 0.25) is 0 Å². The Morgan fingerprint density at radius 1 is 1.24 bits per heavy atom. The molecule has 4 nitrogen and oxygen atoms in total. The molecule has 1 fully saturated rings. The lowest BCUT2D eigenvalue weighted by Crippen LogP contribution is -2.27. The molecule has 0 aromatic heterocycles. The first-order chi connectivity index (χ1) is 14.0. The largest absolute Gasteiger partial charge is 0.490 e. The van der Waals surface area contributed by atoms with Crippen LogP contribution >= 0.6 is 35.6 Å². The Hall–Kier alpha value is -2.28. The van der Waals surface area contributed by atoms with Crippen LogP contribution in [0.1, 0.15) is 18.1 Å². The summed E-state index contributed by atoms with van der Waals surface area (Å²) in [5, 5.41) is 0.416.